The molecular weight excluding hydrogens is 210 g/mol. The van der Waals surface area contributed by atoms with Crippen LogP contribution in [0.25, 0.3) is 0 Å². The third kappa shape index (κ3) is 3.28. The molecule has 0 bridgehead atoms. The highest BCUT2D eigenvalue weighted by molar-refractivity contribution is 7.71. The summed E-state index contributed by atoms with van der Waals surface area (Å²) in [5.41, 5.74) is 0. The number of H-pyrrole nitrogens is 1. The van der Waals surface area contributed by atoms with Gasteiger partial charge in [-0.1, -0.05) is 6.42 Å². The highest BCUT2D eigenvalue weighted by Gasteiger charge is 2.12. The summed E-state index contributed by atoms with van der Waals surface area (Å²) in [6, 6.07) is 0.474. The van der Waals surface area contributed by atoms with E-state index in [0.717, 1.165) is 12.3 Å². The molecule has 0 aromatic carbocycles. The topological polar surface area (TPSA) is 49.9 Å². The number of ether oxygens (including phenoxy) is 1. The predicted octanol–water partition coefficient (Wildman–Crippen LogP) is 1.66. The fourth-order valence-electron chi connectivity index (χ4n) is 1.67. The van der Waals surface area contributed by atoms with Crippen molar-refractivity contribution in [1.29, 1.82) is 0 Å². The highest BCUT2D eigenvalue weighted by Crippen LogP contribution is 2.10. The first-order valence-electron chi connectivity index (χ1n) is 5.25. The smallest absolute Gasteiger partial charge is 0.196 e. The minimum absolute atomic E-state index is 0.474. The third-order valence-corrected chi connectivity index (χ3v) is 2.73. The van der Waals surface area contributed by atoms with E-state index in [4.69, 9.17) is 17.0 Å². The van der Waals surface area contributed by atoms with Gasteiger partial charge in [-0.2, -0.15) is 0 Å². The Labute approximate surface area is 94.1 Å². The van der Waals surface area contributed by atoms with Crippen LogP contribution in [0.2, 0.25) is 0 Å². The van der Waals surface area contributed by atoms with E-state index in [1.165, 1.54) is 19.3 Å². The van der Waals surface area contributed by atoms with Crippen LogP contribution in [0.1, 0.15) is 19.3 Å². The quantitative estimate of drug-likeness (QED) is 0.768. The van der Waals surface area contributed by atoms with Crippen molar-refractivity contribution in [1.82, 2.24) is 15.3 Å². The summed E-state index contributed by atoms with van der Waals surface area (Å²) in [4.78, 5) is 6.80. The van der Waals surface area contributed by atoms with Crippen LogP contribution < -0.4 is 10.1 Å². The standard InChI is InChI=1S/C10H15N3OS/c15-10-12-5-9(6-13-10)14-7-8-3-1-2-4-11-8/h5-6,8,11H,1-4,7H2,(H,12,13,15). The van der Waals surface area contributed by atoms with Crippen LogP contribution >= 0.6 is 12.2 Å². The molecule has 1 aliphatic heterocycles. The molecule has 2 N–H and O–H groups in total. The molecule has 1 saturated heterocycles. The molecule has 4 nitrogen and oxygen atoms in total. The van der Waals surface area contributed by atoms with Gasteiger partial charge in [-0.25, -0.2) is 4.98 Å². The van der Waals surface area contributed by atoms with Gasteiger partial charge in [0.05, 0.1) is 6.20 Å². The summed E-state index contributed by atoms with van der Waals surface area (Å²) in [6.45, 7) is 1.80. The van der Waals surface area contributed by atoms with Crippen LogP contribution in [0.3, 0.4) is 0 Å². The zero-order valence-electron chi connectivity index (χ0n) is 8.53. The average Bonchev–Trinajstić information content (AvgIpc) is 2.30. The maximum Gasteiger partial charge on any atom is 0.196 e. The van der Waals surface area contributed by atoms with Gasteiger partial charge in [0.25, 0.3) is 0 Å². The van der Waals surface area contributed by atoms with Crippen molar-refractivity contribution in [3.8, 4) is 5.75 Å². The Bertz CT molecular complexity index is 339. The molecule has 0 radical (unpaired) electrons. The summed E-state index contributed by atoms with van der Waals surface area (Å²) >= 11 is 4.85. The Balaban J connectivity index is 1.81. The van der Waals surface area contributed by atoms with Gasteiger partial charge >= 0.3 is 0 Å². The van der Waals surface area contributed by atoms with E-state index in [1.807, 2.05) is 0 Å². The maximum absolute atomic E-state index is 5.60. The number of aromatic amines is 1. The molecule has 82 valence electrons. The first-order valence-corrected chi connectivity index (χ1v) is 5.66. The Morgan fingerprint density at radius 2 is 2.47 bits per heavy atom. The van der Waals surface area contributed by atoms with Crippen molar-refractivity contribution in [2.24, 2.45) is 0 Å². The molecule has 1 aliphatic rings. The van der Waals surface area contributed by atoms with Crippen molar-refractivity contribution in [2.75, 3.05) is 13.2 Å². The number of rotatable bonds is 3. The predicted molar refractivity (Wildman–Crippen MR) is 60.6 cm³/mol. The van der Waals surface area contributed by atoms with Gasteiger partial charge < -0.3 is 15.0 Å². The summed E-state index contributed by atoms with van der Waals surface area (Å²) < 4.78 is 6.08. The van der Waals surface area contributed by atoms with Gasteiger partial charge in [-0.05, 0) is 31.6 Å². The lowest BCUT2D eigenvalue weighted by Gasteiger charge is -2.23. The second-order valence-electron chi connectivity index (χ2n) is 3.71. The van der Waals surface area contributed by atoms with Crippen LogP contribution in [0, 0.1) is 4.77 Å². The second-order valence-corrected chi connectivity index (χ2v) is 4.10. The second kappa shape index (κ2) is 5.23. The lowest BCUT2D eigenvalue weighted by atomic mass is 10.1. The minimum Gasteiger partial charge on any atom is -0.489 e. The molecule has 5 heteroatoms. The molecule has 2 heterocycles. The fraction of sp³-hybridized carbons (Fsp3) is 0.600. The number of nitrogens with one attached hydrogen (secondary N) is 2. The molecule has 15 heavy (non-hydrogen) atoms. The lowest BCUT2D eigenvalue weighted by molar-refractivity contribution is 0.237. The highest BCUT2D eigenvalue weighted by atomic mass is 32.1. The fourth-order valence-corrected chi connectivity index (χ4v) is 1.78. The largest absolute Gasteiger partial charge is 0.489 e. The van der Waals surface area contributed by atoms with E-state index < -0.39 is 0 Å². The monoisotopic (exact) mass is 225 g/mol. The summed E-state index contributed by atoms with van der Waals surface area (Å²) in [7, 11) is 0. The van der Waals surface area contributed by atoms with Crippen LogP contribution in [-0.4, -0.2) is 29.2 Å². The Morgan fingerprint density at radius 1 is 1.53 bits per heavy atom. The molecular formula is C10H15N3OS. The molecule has 1 aromatic heterocycles. The molecule has 1 atom stereocenters. The molecule has 0 spiro atoms. The van der Waals surface area contributed by atoms with Crippen LogP contribution in [0.4, 0.5) is 0 Å². The van der Waals surface area contributed by atoms with Crippen molar-refractivity contribution >= 4 is 12.2 Å². The van der Waals surface area contributed by atoms with Gasteiger partial charge in [0, 0.05) is 12.2 Å². The normalized spacial score (nSPS) is 21.2. The first-order chi connectivity index (χ1) is 7.34. The van der Waals surface area contributed by atoms with E-state index in [-0.39, 0.29) is 0 Å². The zero-order valence-corrected chi connectivity index (χ0v) is 9.35. The number of hydrogen-bond donors (Lipinski definition) is 2. The molecule has 1 fully saturated rings. The molecule has 0 saturated carbocycles. The van der Waals surface area contributed by atoms with Gasteiger partial charge in [0.2, 0.25) is 0 Å². The molecule has 0 aliphatic carbocycles. The maximum atomic E-state index is 5.60. The van der Waals surface area contributed by atoms with E-state index in [2.05, 4.69) is 15.3 Å². The van der Waals surface area contributed by atoms with E-state index in [1.54, 1.807) is 12.4 Å². The summed E-state index contributed by atoms with van der Waals surface area (Å²) in [5, 5.41) is 3.42. The number of nitrogens with zero attached hydrogens (tertiary/aromatic N) is 1. The molecule has 0 amide bonds. The van der Waals surface area contributed by atoms with E-state index in [9.17, 15) is 0 Å². The van der Waals surface area contributed by atoms with E-state index >= 15 is 0 Å². The van der Waals surface area contributed by atoms with Gasteiger partial charge in [0.1, 0.15) is 6.61 Å². The Morgan fingerprint density at radius 3 is 3.13 bits per heavy atom. The number of piperidine rings is 1. The number of hydrogen-bond acceptors (Lipinski definition) is 4. The zero-order chi connectivity index (χ0) is 10.5. The van der Waals surface area contributed by atoms with Crippen LogP contribution in [0.5, 0.6) is 5.75 Å². The summed E-state index contributed by atoms with van der Waals surface area (Å²) in [5.74, 6) is 0.746. The Kier molecular flexibility index (Phi) is 3.69. The minimum atomic E-state index is 0.474. The molecule has 1 aromatic rings. The third-order valence-electron chi connectivity index (χ3n) is 2.51. The van der Waals surface area contributed by atoms with Crippen LogP contribution in [-0.2, 0) is 0 Å². The SMILES string of the molecule is S=c1ncc(OCC2CCCCN2)c[nH]1. The molecule has 1 unspecified atom stereocenters. The Hall–Kier alpha value is -0.940. The van der Waals surface area contributed by atoms with Crippen molar-refractivity contribution < 1.29 is 4.74 Å². The van der Waals surface area contributed by atoms with E-state index in [0.29, 0.717) is 17.4 Å². The van der Waals surface area contributed by atoms with Gasteiger partial charge in [-0.3, -0.25) is 0 Å². The summed E-state index contributed by atoms with van der Waals surface area (Å²) in [6.07, 6.45) is 7.16. The molecule has 2 rings (SSSR count). The number of aromatic nitrogens is 2. The van der Waals surface area contributed by atoms with Crippen molar-refractivity contribution in [3.63, 3.8) is 0 Å². The first kappa shape index (κ1) is 10.6. The van der Waals surface area contributed by atoms with Gasteiger partial charge in [-0.15, -0.1) is 0 Å². The van der Waals surface area contributed by atoms with Gasteiger partial charge in [0.15, 0.2) is 10.5 Å². The lowest BCUT2D eigenvalue weighted by Crippen LogP contribution is -2.38. The van der Waals surface area contributed by atoms with Crippen molar-refractivity contribution in [2.45, 2.75) is 25.3 Å². The van der Waals surface area contributed by atoms with Crippen molar-refractivity contribution in [3.05, 3.63) is 17.2 Å². The average molecular weight is 225 g/mol. The van der Waals surface area contributed by atoms with Crippen LogP contribution in [0.15, 0.2) is 12.4 Å².